The Bertz CT molecular complexity index is 1240. The lowest BCUT2D eigenvalue weighted by molar-refractivity contribution is -0.112. The number of sulfone groups is 1. The van der Waals surface area contributed by atoms with Crippen molar-refractivity contribution in [3.05, 3.63) is 69.7 Å². The average Bonchev–Trinajstić information content (AvgIpc) is 2.71. The average molecular weight is 431 g/mol. The molecule has 0 aliphatic rings. The first-order valence-electron chi connectivity index (χ1n) is 8.52. The van der Waals surface area contributed by atoms with Crippen molar-refractivity contribution < 1.29 is 22.7 Å². The fourth-order valence-corrected chi connectivity index (χ4v) is 5.11. The number of rotatable bonds is 7. The first-order chi connectivity index (χ1) is 13.8. The van der Waals surface area contributed by atoms with Crippen LogP contribution in [0.3, 0.4) is 0 Å². The summed E-state index contributed by atoms with van der Waals surface area (Å²) in [7, 11) is -1.01. The number of ketones is 1. The lowest BCUT2D eigenvalue weighted by Crippen LogP contribution is -2.19. The number of allylic oxidation sites excluding steroid dienone is 1. The summed E-state index contributed by atoms with van der Waals surface area (Å²) in [6.07, 6.45) is 2.71. The van der Waals surface area contributed by atoms with Gasteiger partial charge in [0.2, 0.25) is 0 Å². The van der Waals surface area contributed by atoms with E-state index in [2.05, 4.69) is 0 Å². The molecule has 0 radical (unpaired) electrons. The molecule has 3 rings (SSSR count). The van der Waals surface area contributed by atoms with Crippen LogP contribution in [0.1, 0.15) is 5.56 Å². The second kappa shape index (κ2) is 8.59. The smallest absolute Gasteiger partial charge is 0.251 e. The van der Waals surface area contributed by atoms with Gasteiger partial charge in [-0.25, -0.2) is 8.42 Å². The van der Waals surface area contributed by atoms with Crippen LogP contribution in [0, 0.1) is 0 Å². The molecular formula is C21H18O6S2. The predicted octanol–water partition coefficient (Wildman–Crippen LogP) is 3.33. The van der Waals surface area contributed by atoms with Crippen molar-refractivity contribution in [3.63, 3.8) is 0 Å². The van der Waals surface area contributed by atoms with Crippen LogP contribution in [0.15, 0.2) is 64.3 Å². The lowest BCUT2D eigenvalue weighted by atomic mass is 10.2. The van der Waals surface area contributed by atoms with Crippen LogP contribution in [0.5, 0.6) is 11.5 Å². The van der Waals surface area contributed by atoms with Gasteiger partial charge < -0.3 is 9.47 Å². The summed E-state index contributed by atoms with van der Waals surface area (Å²) in [5.41, 5.74) is 0.725. The maximum absolute atomic E-state index is 12.6. The number of carbonyl (C=O) groups is 1. The normalized spacial score (nSPS) is 11.7. The van der Waals surface area contributed by atoms with Gasteiger partial charge in [0.05, 0.1) is 14.2 Å². The minimum atomic E-state index is -4.07. The Balaban J connectivity index is 1.82. The largest absolute Gasteiger partial charge is 0.497 e. The second-order valence-electron chi connectivity index (χ2n) is 6.13. The van der Waals surface area contributed by atoms with Crippen LogP contribution in [0.4, 0.5) is 0 Å². The van der Waals surface area contributed by atoms with Crippen LogP contribution in [-0.2, 0) is 14.6 Å². The van der Waals surface area contributed by atoms with Gasteiger partial charge in [-0.15, -0.1) is 0 Å². The summed E-state index contributed by atoms with van der Waals surface area (Å²) >= 11 is 0.810. The molecule has 0 spiro atoms. The molecule has 0 saturated heterocycles. The third-order valence-electron chi connectivity index (χ3n) is 4.16. The highest BCUT2D eigenvalue weighted by atomic mass is 32.2. The molecule has 0 aliphatic carbocycles. The summed E-state index contributed by atoms with van der Waals surface area (Å²) in [5, 5.41) is 0.593. The van der Waals surface area contributed by atoms with Gasteiger partial charge >= 0.3 is 0 Å². The predicted molar refractivity (Wildman–Crippen MR) is 114 cm³/mol. The van der Waals surface area contributed by atoms with E-state index in [-0.39, 0.29) is 4.90 Å². The number of ether oxygens (including phenoxy) is 2. The van der Waals surface area contributed by atoms with Crippen LogP contribution in [-0.4, -0.2) is 34.2 Å². The molecule has 0 bridgehead atoms. The summed E-state index contributed by atoms with van der Waals surface area (Å²) in [4.78, 5) is 24.2. The van der Waals surface area contributed by atoms with E-state index in [9.17, 15) is 18.0 Å². The fraction of sp³-hybridized carbons (Fsp3) is 0.143. The third-order valence-corrected chi connectivity index (χ3v) is 6.90. The molecule has 3 aromatic rings. The maximum Gasteiger partial charge on any atom is 0.251 e. The quantitative estimate of drug-likeness (QED) is 0.535. The lowest BCUT2D eigenvalue weighted by Gasteiger charge is -2.05. The van der Waals surface area contributed by atoms with Crippen molar-refractivity contribution in [3.8, 4) is 11.5 Å². The number of hydrogen-bond donors (Lipinski definition) is 0. The molecule has 0 saturated carbocycles. The van der Waals surface area contributed by atoms with E-state index in [1.54, 1.807) is 49.6 Å². The minimum absolute atomic E-state index is 0.369. The van der Waals surface area contributed by atoms with Crippen molar-refractivity contribution in [2.75, 3.05) is 20.0 Å². The van der Waals surface area contributed by atoms with Crippen molar-refractivity contribution in [1.82, 2.24) is 0 Å². The highest BCUT2D eigenvalue weighted by molar-refractivity contribution is 7.92. The first kappa shape index (κ1) is 20.8. The molecule has 6 nitrogen and oxygen atoms in total. The van der Waals surface area contributed by atoms with E-state index < -0.39 is 26.1 Å². The standard InChI is InChI=1S/C21H18O6S2/c1-26-17-8-4-14(5-9-17)3-7-16(22)13-29(24,25)20-11-15-6-10-18(27-2)12-19(15)28-21(20)23/h3-12H,13H2,1-2H3. The van der Waals surface area contributed by atoms with Gasteiger partial charge in [-0.2, -0.15) is 0 Å². The zero-order valence-corrected chi connectivity index (χ0v) is 17.4. The highest BCUT2D eigenvalue weighted by Crippen LogP contribution is 2.25. The molecule has 29 heavy (non-hydrogen) atoms. The summed E-state index contributed by atoms with van der Waals surface area (Å²) in [6.45, 7) is 0. The Morgan fingerprint density at radius 3 is 2.31 bits per heavy atom. The second-order valence-corrected chi connectivity index (χ2v) is 9.11. The fourth-order valence-electron chi connectivity index (χ4n) is 2.63. The Morgan fingerprint density at radius 2 is 1.66 bits per heavy atom. The Morgan fingerprint density at radius 1 is 1.00 bits per heavy atom. The van der Waals surface area contributed by atoms with E-state index in [1.165, 1.54) is 25.3 Å². The molecule has 0 atom stereocenters. The molecule has 0 amide bonds. The van der Waals surface area contributed by atoms with Gasteiger partial charge in [-0.3, -0.25) is 9.59 Å². The van der Waals surface area contributed by atoms with Crippen LogP contribution < -0.4 is 14.2 Å². The van der Waals surface area contributed by atoms with Gasteiger partial charge in [0.1, 0.15) is 22.1 Å². The Kier molecular flexibility index (Phi) is 6.14. The first-order valence-corrected chi connectivity index (χ1v) is 11.0. The van der Waals surface area contributed by atoms with E-state index in [0.717, 1.165) is 16.9 Å². The van der Waals surface area contributed by atoms with Gasteiger partial charge in [-0.05, 0) is 53.4 Å². The number of methoxy groups -OCH3 is 2. The molecule has 0 aliphatic heterocycles. The van der Waals surface area contributed by atoms with Crippen molar-refractivity contribution >= 4 is 43.1 Å². The Labute approximate surface area is 171 Å². The van der Waals surface area contributed by atoms with Crippen LogP contribution in [0.2, 0.25) is 0 Å². The monoisotopic (exact) mass is 430 g/mol. The van der Waals surface area contributed by atoms with Crippen molar-refractivity contribution in [2.24, 2.45) is 0 Å². The van der Waals surface area contributed by atoms with E-state index >= 15 is 0 Å². The number of fused-ring (bicyclic) bond motifs is 1. The third kappa shape index (κ3) is 4.90. The molecule has 8 heteroatoms. The van der Waals surface area contributed by atoms with Crippen molar-refractivity contribution in [2.45, 2.75) is 4.90 Å². The van der Waals surface area contributed by atoms with Gasteiger partial charge in [0.15, 0.2) is 15.6 Å². The molecule has 0 unspecified atom stereocenters. The van der Waals surface area contributed by atoms with Gasteiger partial charge in [0.25, 0.3) is 4.74 Å². The van der Waals surface area contributed by atoms with Crippen molar-refractivity contribution in [1.29, 1.82) is 0 Å². The maximum atomic E-state index is 12.6. The molecule has 0 fully saturated rings. The topological polar surface area (TPSA) is 86.7 Å². The number of benzene rings is 2. The summed E-state index contributed by atoms with van der Waals surface area (Å²) in [5.74, 6) is -0.139. The summed E-state index contributed by atoms with van der Waals surface area (Å²) < 4.78 is 35.4. The van der Waals surface area contributed by atoms with Crippen LogP contribution in [0.25, 0.3) is 16.2 Å². The van der Waals surface area contributed by atoms with E-state index in [4.69, 9.17) is 9.47 Å². The molecular weight excluding hydrogens is 412 g/mol. The highest BCUT2D eigenvalue weighted by Gasteiger charge is 2.22. The Hall–Kier alpha value is -2.97. The van der Waals surface area contributed by atoms with E-state index in [0.29, 0.717) is 21.6 Å². The molecule has 150 valence electrons. The van der Waals surface area contributed by atoms with E-state index in [1.807, 2.05) is 0 Å². The minimum Gasteiger partial charge on any atom is -0.497 e. The zero-order valence-electron chi connectivity index (χ0n) is 15.7. The molecule has 2 aromatic carbocycles. The zero-order chi connectivity index (χ0) is 21.0. The van der Waals surface area contributed by atoms with Gasteiger partial charge in [0, 0.05) is 4.70 Å². The summed E-state index contributed by atoms with van der Waals surface area (Å²) in [6, 6.07) is 13.3. The number of hydrogen-bond acceptors (Lipinski definition) is 7. The molecule has 0 N–H and O–H groups in total. The van der Waals surface area contributed by atoms with Crippen LogP contribution >= 0.6 is 11.3 Å². The molecule has 1 aromatic heterocycles. The number of carbonyl (C=O) groups excluding carboxylic acids is 1. The van der Waals surface area contributed by atoms with Gasteiger partial charge in [-0.1, -0.05) is 29.5 Å². The SMILES string of the molecule is COc1ccc(C=CC(=O)CS(=O)(=O)c2cc3ccc(OC)cc3sc2=O)cc1. The molecule has 1 heterocycles.